The predicted octanol–water partition coefficient (Wildman–Crippen LogP) is 3.18. The number of amides is 2. The van der Waals surface area contributed by atoms with Crippen molar-refractivity contribution < 1.29 is 9.53 Å². The molecule has 5 heteroatoms. The van der Waals surface area contributed by atoms with Gasteiger partial charge in [-0.1, -0.05) is 18.2 Å². The van der Waals surface area contributed by atoms with Crippen LogP contribution in [0.2, 0.25) is 0 Å². The molecule has 4 rings (SSSR count). The molecule has 2 aliphatic heterocycles. The van der Waals surface area contributed by atoms with Crippen molar-refractivity contribution >= 4 is 6.03 Å². The summed E-state index contributed by atoms with van der Waals surface area (Å²) in [7, 11) is 0. The summed E-state index contributed by atoms with van der Waals surface area (Å²) in [6, 6.07) is 12.3. The van der Waals surface area contributed by atoms with Crippen LogP contribution in [0.4, 0.5) is 4.79 Å². The number of carbonyl (C=O) groups excluding carboxylic acids is 1. The Morgan fingerprint density at radius 2 is 2.08 bits per heavy atom. The molecule has 2 amide bonds. The molecule has 0 unspecified atom stereocenters. The Hall–Kier alpha value is -2.56. The van der Waals surface area contributed by atoms with Crippen LogP contribution in [0.3, 0.4) is 0 Å². The fourth-order valence-electron chi connectivity index (χ4n) is 3.80. The number of hydrogen-bond donors (Lipinski definition) is 1. The van der Waals surface area contributed by atoms with E-state index in [1.54, 1.807) is 12.4 Å². The quantitative estimate of drug-likeness (QED) is 0.936. The molecular formula is C20H23N3O2. The summed E-state index contributed by atoms with van der Waals surface area (Å²) in [5.74, 6) is 1.29. The highest BCUT2D eigenvalue weighted by Gasteiger charge is 2.30. The fourth-order valence-corrected chi connectivity index (χ4v) is 3.80. The van der Waals surface area contributed by atoms with E-state index in [2.05, 4.69) is 16.4 Å². The molecule has 5 nitrogen and oxygen atoms in total. The molecule has 0 saturated carbocycles. The van der Waals surface area contributed by atoms with Crippen molar-refractivity contribution in [3.05, 3.63) is 59.9 Å². The number of rotatable bonds is 3. The first-order valence-electron chi connectivity index (χ1n) is 8.96. The van der Waals surface area contributed by atoms with E-state index in [4.69, 9.17) is 4.74 Å². The Labute approximate surface area is 148 Å². The van der Waals surface area contributed by atoms with Gasteiger partial charge in [-0.3, -0.25) is 4.98 Å². The zero-order valence-corrected chi connectivity index (χ0v) is 14.2. The molecule has 2 aliphatic rings. The third-order valence-electron chi connectivity index (χ3n) is 5.10. The highest BCUT2D eigenvalue weighted by atomic mass is 16.5. The molecule has 25 heavy (non-hydrogen) atoms. The van der Waals surface area contributed by atoms with Crippen molar-refractivity contribution in [2.45, 2.75) is 25.3 Å². The molecule has 0 aliphatic carbocycles. The molecule has 0 bridgehead atoms. The minimum atomic E-state index is 0.0261. The van der Waals surface area contributed by atoms with E-state index in [9.17, 15) is 4.79 Å². The Bertz CT molecular complexity index is 735. The van der Waals surface area contributed by atoms with Crippen LogP contribution in [0.5, 0.6) is 5.75 Å². The van der Waals surface area contributed by atoms with Gasteiger partial charge in [0, 0.05) is 31.4 Å². The summed E-state index contributed by atoms with van der Waals surface area (Å²) in [6.07, 6.45) is 6.59. The van der Waals surface area contributed by atoms with Gasteiger partial charge in [0.1, 0.15) is 5.75 Å². The minimum Gasteiger partial charge on any atom is -0.493 e. The van der Waals surface area contributed by atoms with Crippen molar-refractivity contribution in [2.24, 2.45) is 5.92 Å². The Kier molecular flexibility index (Phi) is 4.55. The predicted molar refractivity (Wildman–Crippen MR) is 95.4 cm³/mol. The molecular weight excluding hydrogens is 314 g/mol. The second-order valence-corrected chi connectivity index (χ2v) is 6.81. The lowest BCUT2D eigenvalue weighted by atomic mass is 9.97. The highest BCUT2D eigenvalue weighted by molar-refractivity contribution is 5.75. The van der Waals surface area contributed by atoms with E-state index in [0.717, 1.165) is 37.1 Å². The van der Waals surface area contributed by atoms with Gasteiger partial charge in [0.05, 0.1) is 12.6 Å². The van der Waals surface area contributed by atoms with Crippen LogP contribution < -0.4 is 10.1 Å². The molecule has 1 fully saturated rings. The molecule has 1 aromatic heterocycles. The molecule has 1 N–H and O–H groups in total. The second kappa shape index (κ2) is 7.13. The van der Waals surface area contributed by atoms with Crippen LogP contribution in [-0.2, 0) is 6.42 Å². The lowest BCUT2D eigenvalue weighted by Crippen LogP contribution is -2.43. The van der Waals surface area contributed by atoms with Crippen molar-refractivity contribution in [3.63, 3.8) is 0 Å². The number of urea groups is 1. The summed E-state index contributed by atoms with van der Waals surface area (Å²) in [4.78, 5) is 18.7. The van der Waals surface area contributed by atoms with Crippen molar-refractivity contribution in [1.29, 1.82) is 0 Å². The number of benzene rings is 1. The van der Waals surface area contributed by atoms with Crippen LogP contribution in [0.1, 0.15) is 30.0 Å². The third-order valence-corrected chi connectivity index (χ3v) is 5.10. The zero-order valence-electron chi connectivity index (χ0n) is 14.2. The third kappa shape index (κ3) is 3.45. The van der Waals surface area contributed by atoms with Crippen molar-refractivity contribution in [2.75, 3.05) is 19.7 Å². The van der Waals surface area contributed by atoms with Crippen LogP contribution >= 0.6 is 0 Å². The van der Waals surface area contributed by atoms with Crippen LogP contribution in [0, 0.1) is 5.92 Å². The standard InChI is InChI=1S/C20H23N3O2/c24-20(23-11-3-5-18(23)16-7-9-21-10-8-16)22-13-15-12-17-4-1-2-6-19(17)25-14-15/h1-2,4,6-10,15,18H,3,5,11-14H2,(H,22,24)/t15-,18+/m1/s1. The van der Waals surface area contributed by atoms with Gasteiger partial charge in [0.25, 0.3) is 0 Å². The number of ether oxygens (including phenoxy) is 1. The number of fused-ring (bicyclic) bond motifs is 1. The lowest BCUT2D eigenvalue weighted by molar-refractivity contribution is 0.182. The maximum atomic E-state index is 12.7. The average Bonchev–Trinajstić information content (AvgIpc) is 3.16. The molecule has 0 spiro atoms. The number of likely N-dealkylation sites (tertiary alicyclic amines) is 1. The Morgan fingerprint density at radius 1 is 1.24 bits per heavy atom. The number of nitrogens with zero attached hydrogens (tertiary/aromatic N) is 2. The van der Waals surface area contributed by atoms with Gasteiger partial charge in [-0.15, -0.1) is 0 Å². The molecule has 2 atom stereocenters. The van der Waals surface area contributed by atoms with Crippen molar-refractivity contribution in [3.8, 4) is 5.75 Å². The largest absolute Gasteiger partial charge is 0.493 e. The maximum Gasteiger partial charge on any atom is 0.317 e. The second-order valence-electron chi connectivity index (χ2n) is 6.81. The lowest BCUT2D eigenvalue weighted by Gasteiger charge is -2.28. The van der Waals surface area contributed by atoms with Gasteiger partial charge in [-0.2, -0.15) is 0 Å². The van der Waals surface area contributed by atoms with Crippen LogP contribution in [-0.4, -0.2) is 35.6 Å². The summed E-state index contributed by atoms with van der Waals surface area (Å²) in [5.41, 5.74) is 2.39. The summed E-state index contributed by atoms with van der Waals surface area (Å²) in [5, 5.41) is 3.12. The molecule has 3 heterocycles. The van der Waals surface area contributed by atoms with Crippen LogP contribution in [0.15, 0.2) is 48.8 Å². The smallest absolute Gasteiger partial charge is 0.317 e. The van der Waals surface area contributed by atoms with Crippen molar-refractivity contribution in [1.82, 2.24) is 15.2 Å². The minimum absolute atomic E-state index is 0.0261. The zero-order chi connectivity index (χ0) is 17.1. The van der Waals surface area contributed by atoms with E-state index < -0.39 is 0 Å². The summed E-state index contributed by atoms with van der Waals surface area (Å²) < 4.78 is 5.81. The van der Waals surface area contributed by atoms with Crippen LogP contribution in [0.25, 0.3) is 0 Å². The van der Waals surface area contributed by atoms with Gasteiger partial charge in [0.2, 0.25) is 0 Å². The average molecular weight is 337 g/mol. The highest BCUT2D eigenvalue weighted by Crippen LogP contribution is 2.31. The first kappa shape index (κ1) is 15.9. The maximum absolute atomic E-state index is 12.7. The first-order valence-corrected chi connectivity index (χ1v) is 8.96. The normalized spacial score (nSPS) is 22.2. The Morgan fingerprint density at radius 3 is 2.96 bits per heavy atom. The number of hydrogen-bond acceptors (Lipinski definition) is 3. The van der Waals surface area contributed by atoms with Gasteiger partial charge < -0.3 is 15.0 Å². The van der Waals surface area contributed by atoms with E-state index in [-0.39, 0.29) is 12.1 Å². The number of aromatic nitrogens is 1. The fraction of sp³-hybridized carbons (Fsp3) is 0.400. The number of nitrogens with one attached hydrogen (secondary N) is 1. The number of carbonyl (C=O) groups is 1. The van der Waals surface area contributed by atoms with Gasteiger partial charge in [-0.05, 0) is 48.6 Å². The first-order chi connectivity index (χ1) is 12.3. The summed E-state index contributed by atoms with van der Waals surface area (Å²) >= 11 is 0. The molecule has 130 valence electrons. The van der Waals surface area contributed by atoms with Gasteiger partial charge >= 0.3 is 6.03 Å². The van der Waals surface area contributed by atoms with Gasteiger partial charge in [0.15, 0.2) is 0 Å². The molecule has 2 aromatic rings. The number of para-hydroxylation sites is 1. The Balaban J connectivity index is 1.35. The molecule has 1 saturated heterocycles. The van der Waals surface area contributed by atoms with E-state index in [0.29, 0.717) is 19.1 Å². The summed E-state index contributed by atoms with van der Waals surface area (Å²) in [6.45, 7) is 2.11. The van der Waals surface area contributed by atoms with Gasteiger partial charge in [-0.25, -0.2) is 4.79 Å². The van der Waals surface area contributed by atoms with E-state index in [1.807, 2.05) is 35.2 Å². The number of pyridine rings is 1. The monoisotopic (exact) mass is 337 g/mol. The SMILES string of the molecule is O=C(NC[C@@H]1COc2ccccc2C1)N1CCC[C@H]1c1ccncc1. The van der Waals surface area contributed by atoms with E-state index >= 15 is 0 Å². The molecule has 0 radical (unpaired) electrons. The topological polar surface area (TPSA) is 54.5 Å². The van der Waals surface area contributed by atoms with E-state index in [1.165, 1.54) is 5.56 Å². The molecule has 1 aromatic carbocycles.